The Morgan fingerprint density at radius 2 is 1.85 bits per heavy atom. The van der Waals surface area contributed by atoms with E-state index in [2.05, 4.69) is 0 Å². The van der Waals surface area contributed by atoms with Crippen LogP contribution in [0.15, 0.2) is 54.3 Å². The van der Waals surface area contributed by atoms with Crippen LogP contribution in [0.4, 0.5) is 0 Å². The Morgan fingerprint density at radius 1 is 1.25 bits per heavy atom. The fourth-order valence-corrected chi connectivity index (χ4v) is 2.89. The molecule has 2 rings (SSSR count). The zero-order valence-electron chi connectivity index (χ0n) is 10.1. The Morgan fingerprint density at radius 3 is 2.40 bits per heavy atom. The van der Waals surface area contributed by atoms with Crippen molar-refractivity contribution < 1.29 is 22.9 Å². The summed E-state index contributed by atoms with van der Waals surface area (Å²) in [7, 11) is -4.75. The molecule has 0 aliphatic heterocycles. The zero-order valence-corrected chi connectivity index (χ0v) is 11.7. The first-order valence-electron chi connectivity index (χ1n) is 5.61. The highest BCUT2D eigenvalue weighted by Gasteiger charge is 2.50. The van der Waals surface area contributed by atoms with E-state index in [1.165, 1.54) is 12.1 Å². The second-order valence-electron chi connectivity index (χ2n) is 4.31. The second kappa shape index (κ2) is 5.05. The minimum Gasteiger partial charge on any atom is -0.508 e. The topological polar surface area (TPSA) is 91.7 Å². The van der Waals surface area contributed by atoms with Gasteiger partial charge in [-0.15, -0.1) is 0 Å². The molecule has 0 fully saturated rings. The summed E-state index contributed by atoms with van der Waals surface area (Å²) in [6, 6.07) is 7.90. The normalized spacial score (nSPS) is 26.1. The number of aliphatic hydroxyl groups is 1. The summed E-state index contributed by atoms with van der Waals surface area (Å²) in [5.41, 5.74) is 0.227. The third kappa shape index (κ3) is 2.49. The Hall–Kier alpha value is -1.63. The zero-order chi connectivity index (χ0) is 15.0. The molecular weight excluding hydrogens is 304 g/mol. The van der Waals surface area contributed by atoms with Gasteiger partial charge >= 0.3 is 0 Å². The number of Topliss-reactive ketones (excluding diaryl/α,β-unsaturated/α-hetero) is 1. The lowest BCUT2D eigenvalue weighted by atomic mass is 9.90. The van der Waals surface area contributed by atoms with Crippen LogP contribution in [0.3, 0.4) is 0 Å². The molecule has 7 heteroatoms. The van der Waals surface area contributed by atoms with E-state index < -0.39 is 26.0 Å². The molecule has 0 spiro atoms. The summed E-state index contributed by atoms with van der Waals surface area (Å²) >= 11 is 5.93. The van der Waals surface area contributed by atoms with Crippen molar-refractivity contribution in [1.82, 2.24) is 0 Å². The second-order valence-corrected chi connectivity index (χ2v) is 6.78. The number of hydrogen-bond donors (Lipinski definition) is 2. The highest BCUT2D eigenvalue weighted by atomic mass is 35.5. The van der Waals surface area contributed by atoms with Gasteiger partial charge in [0.15, 0.2) is 5.78 Å². The quantitative estimate of drug-likeness (QED) is 0.507. The van der Waals surface area contributed by atoms with E-state index in [1.54, 1.807) is 18.2 Å². The largest absolute Gasteiger partial charge is 0.508 e. The fourth-order valence-electron chi connectivity index (χ4n) is 1.93. The Balaban J connectivity index is 2.52. The van der Waals surface area contributed by atoms with Gasteiger partial charge in [0.05, 0.1) is 5.92 Å². The molecule has 2 unspecified atom stereocenters. The smallest absolute Gasteiger partial charge is 0.289 e. The van der Waals surface area contributed by atoms with Gasteiger partial charge in [0.25, 0.3) is 10.1 Å². The molecule has 2 atom stereocenters. The predicted octanol–water partition coefficient (Wildman–Crippen LogP) is 2.32. The van der Waals surface area contributed by atoms with E-state index in [4.69, 9.17) is 11.6 Å². The van der Waals surface area contributed by atoms with Gasteiger partial charge < -0.3 is 5.11 Å². The number of allylic oxidation sites excluding steroid dienone is 2. The molecule has 5 nitrogen and oxygen atoms in total. The highest BCUT2D eigenvalue weighted by Crippen LogP contribution is 2.39. The Bertz CT molecular complexity index is 693. The number of ketones is 1. The maximum atomic E-state index is 12.4. The van der Waals surface area contributed by atoms with Crippen LogP contribution in [-0.2, 0) is 10.1 Å². The molecule has 0 bridgehead atoms. The van der Waals surface area contributed by atoms with Crippen LogP contribution >= 0.6 is 11.6 Å². The average molecular weight is 315 g/mol. The molecule has 0 radical (unpaired) electrons. The molecular formula is C13H11ClO5S. The molecule has 106 valence electrons. The third-order valence-corrected chi connectivity index (χ3v) is 5.11. The molecule has 0 saturated carbocycles. The Labute approximate surface area is 120 Å². The lowest BCUT2D eigenvalue weighted by Gasteiger charge is -2.29. The summed E-state index contributed by atoms with van der Waals surface area (Å²) in [6.07, 6.45) is 2.93. The van der Waals surface area contributed by atoms with Crippen molar-refractivity contribution in [2.24, 2.45) is 5.92 Å². The summed E-state index contributed by atoms with van der Waals surface area (Å²) in [5.74, 6) is -2.33. The van der Waals surface area contributed by atoms with Crippen LogP contribution in [0.2, 0.25) is 0 Å². The van der Waals surface area contributed by atoms with Gasteiger partial charge in [-0.05, 0) is 18.2 Å². The number of alkyl halides is 1. The first-order chi connectivity index (χ1) is 9.25. The molecule has 1 aromatic rings. The molecule has 0 aromatic heterocycles. The highest BCUT2D eigenvalue weighted by molar-refractivity contribution is 7.89. The van der Waals surface area contributed by atoms with Gasteiger partial charge in [0.1, 0.15) is 5.76 Å². The fraction of sp³-hybridized carbons (Fsp3) is 0.154. The van der Waals surface area contributed by atoms with Crippen LogP contribution in [0.25, 0.3) is 0 Å². The number of hydrogen-bond acceptors (Lipinski definition) is 4. The minimum absolute atomic E-state index is 0.227. The van der Waals surface area contributed by atoms with Crippen molar-refractivity contribution in [1.29, 1.82) is 0 Å². The maximum absolute atomic E-state index is 12.4. The SMILES string of the molecule is O=C(c1ccccc1)C1C=C(O)C=CC1(Cl)S(=O)(=O)O. The van der Waals surface area contributed by atoms with E-state index in [9.17, 15) is 22.9 Å². The standard InChI is InChI=1S/C13H11ClO5S/c14-13(20(17,18)19)7-6-10(15)8-11(13)12(16)9-4-2-1-3-5-9/h1-8,11,15H,(H,17,18,19). The average Bonchev–Trinajstić information content (AvgIpc) is 2.40. The molecule has 1 aliphatic carbocycles. The van der Waals surface area contributed by atoms with Crippen molar-refractivity contribution >= 4 is 27.5 Å². The summed E-state index contributed by atoms with van der Waals surface area (Å²) in [6.45, 7) is 0. The van der Waals surface area contributed by atoms with Crippen LogP contribution in [-0.4, -0.2) is 28.1 Å². The predicted molar refractivity (Wildman–Crippen MR) is 74.2 cm³/mol. The number of carbonyl (C=O) groups excluding carboxylic acids is 1. The molecule has 1 aromatic carbocycles. The van der Waals surface area contributed by atoms with Crippen molar-refractivity contribution in [3.05, 3.63) is 59.9 Å². The van der Waals surface area contributed by atoms with Crippen molar-refractivity contribution in [3.63, 3.8) is 0 Å². The van der Waals surface area contributed by atoms with Crippen LogP contribution < -0.4 is 0 Å². The van der Waals surface area contributed by atoms with Gasteiger partial charge in [-0.3, -0.25) is 9.35 Å². The van der Waals surface area contributed by atoms with E-state index >= 15 is 0 Å². The molecule has 0 saturated heterocycles. The van der Waals surface area contributed by atoms with Crippen molar-refractivity contribution in [2.45, 2.75) is 4.21 Å². The third-order valence-electron chi connectivity index (χ3n) is 2.98. The van der Waals surface area contributed by atoms with Gasteiger partial charge in [-0.2, -0.15) is 8.42 Å². The summed E-state index contributed by atoms with van der Waals surface area (Å²) < 4.78 is 29.9. The molecule has 0 amide bonds. The number of rotatable bonds is 3. The van der Waals surface area contributed by atoms with E-state index in [0.29, 0.717) is 0 Å². The monoisotopic (exact) mass is 314 g/mol. The van der Waals surface area contributed by atoms with Crippen molar-refractivity contribution in [2.75, 3.05) is 0 Å². The molecule has 20 heavy (non-hydrogen) atoms. The van der Waals surface area contributed by atoms with E-state index in [1.807, 2.05) is 0 Å². The lowest BCUT2D eigenvalue weighted by Crippen LogP contribution is -2.43. The lowest BCUT2D eigenvalue weighted by molar-refractivity contribution is 0.0937. The minimum atomic E-state index is -4.75. The number of aliphatic hydroxyl groups excluding tert-OH is 1. The first-order valence-corrected chi connectivity index (χ1v) is 7.43. The van der Waals surface area contributed by atoms with Crippen LogP contribution in [0.5, 0.6) is 0 Å². The number of benzene rings is 1. The van der Waals surface area contributed by atoms with Gasteiger partial charge in [-0.1, -0.05) is 41.9 Å². The van der Waals surface area contributed by atoms with Crippen LogP contribution in [0, 0.1) is 5.92 Å². The maximum Gasteiger partial charge on any atom is 0.289 e. The summed E-state index contributed by atoms with van der Waals surface area (Å²) in [4.78, 5) is 12.4. The van der Waals surface area contributed by atoms with Gasteiger partial charge in [0.2, 0.25) is 4.21 Å². The van der Waals surface area contributed by atoms with Crippen LogP contribution in [0.1, 0.15) is 10.4 Å². The van der Waals surface area contributed by atoms with Gasteiger partial charge in [-0.25, -0.2) is 0 Å². The number of carbonyl (C=O) groups is 1. The van der Waals surface area contributed by atoms with Gasteiger partial charge in [0, 0.05) is 5.56 Å². The van der Waals surface area contributed by atoms with Crippen molar-refractivity contribution in [3.8, 4) is 0 Å². The summed E-state index contributed by atoms with van der Waals surface area (Å²) in [5, 5.41) is 9.46. The molecule has 0 heterocycles. The van der Waals surface area contributed by atoms with E-state index in [0.717, 1.165) is 18.2 Å². The number of halogens is 1. The van der Waals surface area contributed by atoms with E-state index in [-0.39, 0.29) is 11.3 Å². The first kappa shape index (κ1) is 14.8. The Kier molecular flexibility index (Phi) is 3.73. The molecule has 2 N–H and O–H groups in total. The molecule has 1 aliphatic rings.